The smallest absolute Gasteiger partial charge is 0.305 e. The molecule has 0 radical (unpaired) electrons. The molecule has 0 aliphatic carbocycles. The van der Waals surface area contributed by atoms with Crippen molar-refractivity contribution in [2.75, 3.05) is 12.4 Å². The van der Waals surface area contributed by atoms with E-state index in [1.165, 1.54) is 0 Å². The van der Waals surface area contributed by atoms with E-state index < -0.39 is 0 Å². The zero-order valence-electron chi connectivity index (χ0n) is 8.54. The first-order valence-corrected chi connectivity index (χ1v) is 4.68. The minimum absolute atomic E-state index is 0.164. The topological polar surface area (TPSA) is 38.3 Å². The van der Waals surface area contributed by atoms with Gasteiger partial charge in [-0.25, -0.2) is 0 Å². The molecule has 0 saturated heterocycles. The summed E-state index contributed by atoms with van der Waals surface area (Å²) < 4.78 is 4.99. The van der Waals surface area contributed by atoms with Gasteiger partial charge in [0, 0.05) is 19.2 Å². The number of hydrogen-bond acceptors (Lipinski definition) is 3. The number of benzene rings is 1. The van der Waals surface area contributed by atoms with Crippen molar-refractivity contribution in [1.82, 2.24) is 0 Å². The maximum atomic E-state index is 10.9. The lowest BCUT2D eigenvalue weighted by Gasteiger charge is -2.04. The Labute approximate surface area is 84.1 Å². The number of esters is 1. The second kappa shape index (κ2) is 5.27. The molecule has 0 saturated carbocycles. The van der Waals surface area contributed by atoms with Crippen LogP contribution in [0.4, 0.5) is 5.69 Å². The lowest BCUT2D eigenvalue weighted by molar-refractivity contribution is -0.144. The first-order chi connectivity index (χ1) is 6.76. The van der Waals surface area contributed by atoms with Crippen LogP contribution in [-0.2, 0) is 16.1 Å². The molecule has 1 N–H and O–H groups in total. The Hall–Kier alpha value is -1.51. The Kier molecular flexibility index (Phi) is 3.98. The second-order valence-electron chi connectivity index (χ2n) is 2.96. The van der Waals surface area contributed by atoms with Crippen LogP contribution in [0, 0.1) is 0 Å². The van der Waals surface area contributed by atoms with Gasteiger partial charge in [0.25, 0.3) is 0 Å². The van der Waals surface area contributed by atoms with Crippen molar-refractivity contribution in [3.8, 4) is 0 Å². The van der Waals surface area contributed by atoms with Crippen LogP contribution in [0.25, 0.3) is 0 Å². The molecule has 76 valence electrons. The normalized spacial score (nSPS) is 9.57. The van der Waals surface area contributed by atoms with Crippen molar-refractivity contribution in [3.05, 3.63) is 29.8 Å². The Morgan fingerprint density at radius 2 is 2.00 bits per heavy atom. The van der Waals surface area contributed by atoms with Crippen molar-refractivity contribution in [3.63, 3.8) is 0 Å². The minimum Gasteiger partial charge on any atom is -0.461 e. The fourth-order valence-corrected chi connectivity index (χ4v) is 1.03. The summed E-state index contributed by atoms with van der Waals surface area (Å²) in [7, 11) is 1.87. The van der Waals surface area contributed by atoms with Gasteiger partial charge >= 0.3 is 5.97 Å². The van der Waals surface area contributed by atoms with Crippen molar-refractivity contribution in [2.24, 2.45) is 0 Å². The Morgan fingerprint density at radius 1 is 1.36 bits per heavy atom. The lowest BCUT2D eigenvalue weighted by atomic mass is 10.2. The molecule has 0 fully saturated rings. The monoisotopic (exact) mass is 193 g/mol. The molecule has 0 spiro atoms. The molecule has 14 heavy (non-hydrogen) atoms. The first kappa shape index (κ1) is 10.6. The number of carbonyl (C=O) groups is 1. The summed E-state index contributed by atoms with van der Waals surface area (Å²) in [4.78, 5) is 10.9. The van der Waals surface area contributed by atoms with E-state index in [0.717, 1.165) is 11.3 Å². The average Bonchev–Trinajstić information content (AvgIpc) is 2.26. The van der Waals surface area contributed by atoms with Crippen LogP contribution in [0.1, 0.15) is 18.9 Å². The van der Waals surface area contributed by atoms with Crippen LogP contribution in [0.2, 0.25) is 0 Å². The third-order valence-electron chi connectivity index (χ3n) is 1.93. The molecule has 0 unspecified atom stereocenters. The van der Waals surface area contributed by atoms with Crippen LogP contribution in [-0.4, -0.2) is 13.0 Å². The average molecular weight is 193 g/mol. The van der Waals surface area contributed by atoms with Gasteiger partial charge in [-0.3, -0.25) is 4.79 Å². The summed E-state index contributed by atoms with van der Waals surface area (Å²) in [6.07, 6.45) is 0.425. The first-order valence-electron chi connectivity index (χ1n) is 4.68. The van der Waals surface area contributed by atoms with Gasteiger partial charge in [-0.1, -0.05) is 19.1 Å². The van der Waals surface area contributed by atoms with E-state index in [2.05, 4.69) is 5.32 Å². The highest BCUT2D eigenvalue weighted by atomic mass is 16.5. The molecule has 1 rings (SSSR count). The zero-order valence-corrected chi connectivity index (χ0v) is 8.54. The van der Waals surface area contributed by atoms with E-state index in [1.807, 2.05) is 31.3 Å². The molecule has 3 heteroatoms. The maximum Gasteiger partial charge on any atom is 0.305 e. The Bertz CT molecular complexity index is 293. The number of hydrogen-bond donors (Lipinski definition) is 1. The molecule has 3 nitrogen and oxygen atoms in total. The third-order valence-corrected chi connectivity index (χ3v) is 1.93. The van der Waals surface area contributed by atoms with Crippen LogP contribution in [0.5, 0.6) is 0 Å². The molecule has 0 bridgehead atoms. The third kappa shape index (κ3) is 3.09. The van der Waals surface area contributed by atoms with Gasteiger partial charge in [0.05, 0.1) is 0 Å². The lowest BCUT2D eigenvalue weighted by Crippen LogP contribution is -2.02. The molecule has 0 aromatic heterocycles. The number of anilines is 1. The molecular formula is C11H15NO2. The van der Waals surface area contributed by atoms with Gasteiger partial charge in [0.1, 0.15) is 6.61 Å². The van der Waals surface area contributed by atoms with Crippen LogP contribution < -0.4 is 5.32 Å². The van der Waals surface area contributed by atoms with Gasteiger partial charge in [0.15, 0.2) is 0 Å². The predicted octanol–water partition coefficient (Wildman–Crippen LogP) is 2.18. The number of carbonyl (C=O) groups excluding carboxylic acids is 1. The highest BCUT2D eigenvalue weighted by molar-refractivity contribution is 5.68. The number of ether oxygens (including phenoxy) is 1. The molecular weight excluding hydrogens is 178 g/mol. The van der Waals surface area contributed by atoms with E-state index in [9.17, 15) is 4.79 Å². The number of nitrogens with one attached hydrogen (secondary N) is 1. The summed E-state index contributed by atoms with van der Waals surface area (Å²) in [5.41, 5.74) is 2.06. The van der Waals surface area contributed by atoms with Crippen molar-refractivity contribution in [1.29, 1.82) is 0 Å². The molecule has 0 amide bonds. The van der Waals surface area contributed by atoms with E-state index in [-0.39, 0.29) is 5.97 Å². The molecule has 0 aliphatic heterocycles. The molecule has 0 heterocycles. The van der Waals surface area contributed by atoms with Gasteiger partial charge in [-0.2, -0.15) is 0 Å². The summed E-state index contributed by atoms with van der Waals surface area (Å²) in [5.74, 6) is -0.164. The molecule has 1 aromatic rings. The van der Waals surface area contributed by atoms with Crippen molar-refractivity contribution < 1.29 is 9.53 Å². The quantitative estimate of drug-likeness (QED) is 0.745. The van der Waals surface area contributed by atoms with Gasteiger partial charge in [0.2, 0.25) is 0 Å². The minimum atomic E-state index is -0.164. The fourth-order valence-electron chi connectivity index (χ4n) is 1.03. The second-order valence-corrected chi connectivity index (χ2v) is 2.96. The Balaban J connectivity index is 2.47. The number of rotatable bonds is 4. The zero-order chi connectivity index (χ0) is 10.4. The van der Waals surface area contributed by atoms with Crippen LogP contribution in [0.3, 0.4) is 0 Å². The van der Waals surface area contributed by atoms with E-state index in [4.69, 9.17) is 4.74 Å². The van der Waals surface area contributed by atoms with Gasteiger partial charge in [-0.05, 0) is 17.7 Å². The highest BCUT2D eigenvalue weighted by Gasteiger charge is 1.99. The SMILES string of the molecule is CCC(=O)OCc1ccc(NC)cc1. The van der Waals surface area contributed by atoms with E-state index in [1.54, 1.807) is 6.92 Å². The molecule has 0 atom stereocenters. The van der Waals surface area contributed by atoms with Gasteiger partial charge < -0.3 is 10.1 Å². The molecule has 1 aromatic carbocycles. The van der Waals surface area contributed by atoms with Crippen LogP contribution >= 0.6 is 0 Å². The predicted molar refractivity (Wildman–Crippen MR) is 56.1 cm³/mol. The largest absolute Gasteiger partial charge is 0.461 e. The maximum absolute atomic E-state index is 10.9. The van der Waals surface area contributed by atoms with Crippen molar-refractivity contribution in [2.45, 2.75) is 20.0 Å². The summed E-state index contributed by atoms with van der Waals surface area (Å²) in [5, 5.41) is 3.02. The Morgan fingerprint density at radius 3 is 2.50 bits per heavy atom. The fraction of sp³-hybridized carbons (Fsp3) is 0.364. The summed E-state index contributed by atoms with van der Waals surface area (Å²) in [6, 6.07) is 7.79. The summed E-state index contributed by atoms with van der Waals surface area (Å²) >= 11 is 0. The van der Waals surface area contributed by atoms with Crippen LogP contribution in [0.15, 0.2) is 24.3 Å². The highest BCUT2D eigenvalue weighted by Crippen LogP contribution is 2.09. The standard InChI is InChI=1S/C11H15NO2/c1-3-11(13)14-8-9-4-6-10(12-2)7-5-9/h4-7,12H,3,8H2,1-2H3. The summed E-state index contributed by atoms with van der Waals surface area (Å²) in [6.45, 7) is 2.14. The van der Waals surface area contributed by atoms with E-state index in [0.29, 0.717) is 13.0 Å². The van der Waals surface area contributed by atoms with E-state index >= 15 is 0 Å². The van der Waals surface area contributed by atoms with Crippen molar-refractivity contribution >= 4 is 11.7 Å². The molecule has 0 aliphatic rings. The van der Waals surface area contributed by atoms with Gasteiger partial charge in [-0.15, -0.1) is 0 Å².